The number of amides is 2. The van der Waals surface area contributed by atoms with Crippen molar-refractivity contribution in [3.8, 4) is 0 Å². The molecular weight excluding hydrogens is 428 g/mol. The van der Waals surface area contributed by atoms with Crippen LogP contribution in [0.5, 0.6) is 0 Å². The quantitative estimate of drug-likeness (QED) is 0.685. The molecule has 1 saturated heterocycles. The first-order valence-corrected chi connectivity index (χ1v) is 10.0. The highest BCUT2D eigenvalue weighted by Crippen LogP contribution is 2.24. The summed E-state index contributed by atoms with van der Waals surface area (Å²) < 4.78 is 0.876. The highest BCUT2D eigenvalue weighted by atomic mass is 79.9. The molecule has 0 spiro atoms. The second kappa shape index (κ2) is 9.20. The van der Waals surface area contributed by atoms with E-state index in [1.165, 1.54) is 0 Å². The van der Waals surface area contributed by atoms with E-state index in [9.17, 15) is 9.59 Å². The van der Waals surface area contributed by atoms with Crippen LogP contribution in [0.15, 0.2) is 64.8 Å². The third kappa shape index (κ3) is 4.99. The van der Waals surface area contributed by atoms with E-state index in [0.717, 1.165) is 23.7 Å². The van der Waals surface area contributed by atoms with E-state index in [-0.39, 0.29) is 22.5 Å². The lowest BCUT2D eigenvalue weighted by Crippen LogP contribution is -2.41. The molecule has 0 aliphatic carbocycles. The standard InChI is InChI=1S/C21H20BrClN2O2/c22-17-11-9-16(10-12-17)20(26)24-19(18(23)15-7-3-1-4-8-15)21(27)25-13-5-2-6-14-25/h1,3-4,7-12H,2,5-6,13-14H2,(H,24,26)/b19-18-. The maximum absolute atomic E-state index is 13.1. The van der Waals surface area contributed by atoms with Gasteiger partial charge in [0.2, 0.25) is 0 Å². The maximum Gasteiger partial charge on any atom is 0.271 e. The topological polar surface area (TPSA) is 49.4 Å². The molecule has 1 heterocycles. The molecule has 140 valence electrons. The molecule has 3 rings (SSSR count). The molecule has 0 unspecified atom stereocenters. The monoisotopic (exact) mass is 446 g/mol. The van der Waals surface area contributed by atoms with Crippen LogP contribution < -0.4 is 5.32 Å². The molecule has 2 amide bonds. The van der Waals surface area contributed by atoms with Crippen LogP contribution >= 0.6 is 27.5 Å². The minimum absolute atomic E-state index is 0.123. The highest BCUT2D eigenvalue weighted by Gasteiger charge is 2.25. The number of carbonyl (C=O) groups is 2. The van der Waals surface area contributed by atoms with Crippen molar-refractivity contribution < 1.29 is 9.59 Å². The highest BCUT2D eigenvalue weighted by molar-refractivity contribution is 9.10. The Balaban J connectivity index is 1.93. The lowest BCUT2D eigenvalue weighted by molar-refractivity contribution is -0.128. The van der Waals surface area contributed by atoms with Crippen molar-refractivity contribution in [2.24, 2.45) is 0 Å². The smallest absolute Gasteiger partial charge is 0.271 e. The Morgan fingerprint density at radius 3 is 2.15 bits per heavy atom. The molecule has 0 aromatic heterocycles. The molecule has 0 saturated carbocycles. The van der Waals surface area contributed by atoms with Gasteiger partial charge in [-0.15, -0.1) is 0 Å². The van der Waals surface area contributed by atoms with E-state index in [0.29, 0.717) is 24.2 Å². The van der Waals surface area contributed by atoms with Crippen LogP contribution in [-0.4, -0.2) is 29.8 Å². The molecule has 0 radical (unpaired) electrons. The zero-order valence-corrected chi connectivity index (χ0v) is 17.1. The molecule has 1 N–H and O–H groups in total. The first-order valence-electron chi connectivity index (χ1n) is 8.87. The van der Waals surface area contributed by atoms with Gasteiger partial charge in [-0.25, -0.2) is 0 Å². The maximum atomic E-state index is 13.1. The van der Waals surface area contributed by atoms with Gasteiger partial charge >= 0.3 is 0 Å². The van der Waals surface area contributed by atoms with E-state index < -0.39 is 0 Å². The van der Waals surface area contributed by atoms with Gasteiger partial charge in [0.25, 0.3) is 11.8 Å². The molecule has 0 atom stereocenters. The number of halogens is 2. The molecule has 27 heavy (non-hydrogen) atoms. The fourth-order valence-electron chi connectivity index (χ4n) is 2.97. The number of benzene rings is 2. The minimum atomic E-state index is -0.364. The van der Waals surface area contributed by atoms with Crippen molar-refractivity contribution in [2.45, 2.75) is 19.3 Å². The second-order valence-corrected chi connectivity index (χ2v) is 7.66. The van der Waals surface area contributed by atoms with Crippen molar-refractivity contribution in [3.05, 3.63) is 75.9 Å². The van der Waals surface area contributed by atoms with E-state index in [2.05, 4.69) is 21.2 Å². The summed E-state index contributed by atoms with van der Waals surface area (Å²) in [5.41, 5.74) is 1.27. The zero-order chi connectivity index (χ0) is 19.2. The number of carbonyl (C=O) groups excluding carboxylic acids is 2. The molecule has 1 aliphatic rings. The van der Waals surface area contributed by atoms with Crippen molar-refractivity contribution in [3.63, 3.8) is 0 Å². The van der Waals surface area contributed by atoms with Crippen molar-refractivity contribution in [1.29, 1.82) is 0 Å². The molecule has 2 aromatic carbocycles. The number of rotatable bonds is 4. The summed E-state index contributed by atoms with van der Waals surface area (Å²) in [5, 5.41) is 3.00. The molecule has 2 aromatic rings. The predicted octanol–water partition coefficient (Wildman–Crippen LogP) is 4.80. The molecule has 1 aliphatic heterocycles. The van der Waals surface area contributed by atoms with Gasteiger partial charge in [-0.05, 0) is 49.1 Å². The lowest BCUT2D eigenvalue weighted by atomic mass is 10.1. The van der Waals surface area contributed by atoms with Crippen LogP contribution in [-0.2, 0) is 4.79 Å². The van der Waals surface area contributed by atoms with E-state index in [1.807, 2.05) is 30.3 Å². The summed E-state index contributed by atoms with van der Waals surface area (Å²) in [6.07, 6.45) is 3.03. The van der Waals surface area contributed by atoms with E-state index >= 15 is 0 Å². The number of piperidine rings is 1. The Morgan fingerprint density at radius 2 is 1.52 bits per heavy atom. The number of nitrogens with one attached hydrogen (secondary N) is 1. The van der Waals surface area contributed by atoms with Crippen LogP contribution in [0.2, 0.25) is 0 Å². The Hall–Kier alpha value is -2.11. The van der Waals surface area contributed by atoms with Gasteiger partial charge in [0.15, 0.2) is 0 Å². The minimum Gasteiger partial charge on any atom is -0.337 e. The zero-order valence-electron chi connectivity index (χ0n) is 14.8. The Kier molecular flexibility index (Phi) is 6.69. The van der Waals surface area contributed by atoms with Crippen LogP contribution in [0.4, 0.5) is 0 Å². The molecule has 1 fully saturated rings. The largest absolute Gasteiger partial charge is 0.337 e. The molecular formula is C21H20BrClN2O2. The summed E-state index contributed by atoms with van der Waals surface area (Å²) in [5.74, 6) is -0.606. The van der Waals surface area contributed by atoms with Gasteiger partial charge < -0.3 is 10.2 Å². The summed E-state index contributed by atoms with van der Waals surface area (Å²) in [4.78, 5) is 27.6. The Morgan fingerprint density at radius 1 is 0.889 bits per heavy atom. The van der Waals surface area contributed by atoms with Crippen LogP contribution in [0.1, 0.15) is 35.2 Å². The summed E-state index contributed by atoms with van der Waals surface area (Å²) in [6, 6.07) is 16.1. The normalized spacial score (nSPS) is 15.1. The van der Waals surface area contributed by atoms with Gasteiger partial charge in [-0.1, -0.05) is 57.9 Å². The third-order valence-corrected chi connectivity index (χ3v) is 5.38. The second-order valence-electron chi connectivity index (χ2n) is 6.37. The summed E-state index contributed by atoms with van der Waals surface area (Å²) in [6.45, 7) is 1.35. The average molecular weight is 448 g/mol. The molecule has 6 heteroatoms. The van der Waals surface area contributed by atoms with Gasteiger partial charge in [-0.2, -0.15) is 0 Å². The number of hydrogen-bond donors (Lipinski definition) is 1. The summed E-state index contributed by atoms with van der Waals surface area (Å²) in [7, 11) is 0. The predicted molar refractivity (Wildman–Crippen MR) is 111 cm³/mol. The Labute approximate surface area is 172 Å². The van der Waals surface area contributed by atoms with Gasteiger partial charge in [0, 0.05) is 23.1 Å². The molecule has 4 nitrogen and oxygen atoms in total. The third-order valence-electron chi connectivity index (χ3n) is 4.45. The first kappa shape index (κ1) is 19.6. The summed E-state index contributed by atoms with van der Waals surface area (Å²) >= 11 is 9.90. The van der Waals surface area contributed by atoms with Gasteiger partial charge in [-0.3, -0.25) is 9.59 Å². The SMILES string of the molecule is O=C(N/C(C(=O)N1CCCCC1)=C(\Cl)c1ccccc1)c1ccc(Br)cc1. The first-order chi connectivity index (χ1) is 13.1. The van der Waals surface area contributed by atoms with E-state index in [1.54, 1.807) is 29.2 Å². The van der Waals surface area contributed by atoms with Crippen LogP contribution in [0.3, 0.4) is 0 Å². The average Bonchev–Trinajstić information content (AvgIpc) is 2.72. The van der Waals surface area contributed by atoms with Crippen LogP contribution in [0.25, 0.3) is 5.03 Å². The van der Waals surface area contributed by atoms with Crippen molar-refractivity contribution in [1.82, 2.24) is 10.2 Å². The number of nitrogens with zero attached hydrogens (tertiary/aromatic N) is 1. The fraction of sp³-hybridized carbons (Fsp3) is 0.238. The number of likely N-dealkylation sites (tertiary alicyclic amines) is 1. The van der Waals surface area contributed by atoms with Crippen molar-refractivity contribution >= 4 is 44.4 Å². The lowest BCUT2D eigenvalue weighted by Gasteiger charge is -2.28. The van der Waals surface area contributed by atoms with Crippen molar-refractivity contribution in [2.75, 3.05) is 13.1 Å². The van der Waals surface area contributed by atoms with Gasteiger partial charge in [0.1, 0.15) is 5.70 Å². The van der Waals surface area contributed by atoms with E-state index in [4.69, 9.17) is 11.6 Å². The fourth-order valence-corrected chi connectivity index (χ4v) is 3.49. The van der Waals surface area contributed by atoms with Gasteiger partial charge in [0.05, 0.1) is 5.03 Å². The van der Waals surface area contributed by atoms with Crippen LogP contribution in [0, 0.1) is 0 Å². The number of hydrogen-bond acceptors (Lipinski definition) is 2. The Bertz CT molecular complexity index is 844. The molecule has 0 bridgehead atoms.